The predicted octanol–water partition coefficient (Wildman–Crippen LogP) is 5.60. The third kappa shape index (κ3) is 3.69. The molecule has 112 valence electrons. The third-order valence-corrected chi connectivity index (χ3v) is 4.28. The normalized spacial score (nSPS) is 18.2. The summed E-state index contributed by atoms with van der Waals surface area (Å²) in [4.78, 5) is 0. The van der Waals surface area contributed by atoms with Gasteiger partial charge in [0, 0.05) is 5.56 Å². The van der Waals surface area contributed by atoms with Crippen molar-refractivity contribution in [1.29, 1.82) is 5.26 Å². The molecule has 1 aromatic carbocycles. The first-order valence-corrected chi connectivity index (χ1v) is 7.74. The van der Waals surface area contributed by atoms with Crippen LogP contribution < -0.4 is 0 Å². The SMILES string of the molecule is CCCCCC1CC=C(c2ccc(C#N)c(F)c2F)CC1. The van der Waals surface area contributed by atoms with Crippen molar-refractivity contribution in [3.63, 3.8) is 0 Å². The van der Waals surface area contributed by atoms with Crippen LogP contribution in [0.3, 0.4) is 0 Å². The molecule has 1 nitrogen and oxygen atoms in total. The molecule has 0 saturated heterocycles. The smallest absolute Gasteiger partial charge is 0.177 e. The summed E-state index contributed by atoms with van der Waals surface area (Å²) in [6.07, 6.45) is 9.79. The van der Waals surface area contributed by atoms with Crippen molar-refractivity contribution in [2.45, 2.75) is 51.9 Å². The maximum absolute atomic E-state index is 14.0. The number of benzene rings is 1. The largest absolute Gasteiger partial charge is 0.203 e. The van der Waals surface area contributed by atoms with Gasteiger partial charge in [-0.3, -0.25) is 0 Å². The molecule has 0 radical (unpaired) electrons. The van der Waals surface area contributed by atoms with E-state index in [1.54, 1.807) is 6.07 Å². The molecule has 3 heteroatoms. The Balaban J connectivity index is 2.08. The van der Waals surface area contributed by atoms with Gasteiger partial charge in [-0.25, -0.2) is 8.78 Å². The average molecular weight is 289 g/mol. The van der Waals surface area contributed by atoms with Crippen LogP contribution in [0, 0.1) is 28.9 Å². The van der Waals surface area contributed by atoms with Crippen LogP contribution in [-0.4, -0.2) is 0 Å². The Morgan fingerprint density at radius 1 is 1.24 bits per heavy atom. The lowest BCUT2D eigenvalue weighted by Gasteiger charge is -2.22. The highest BCUT2D eigenvalue weighted by molar-refractivity contribution is 5.67. The van der Waals surface area contributed by atoms with Gasteiger partial charge in [0.2, 0.25) is 0 Å². The Hall–Kier alpha value is -1.69. The molecule has 0 amide bonds. The molecular weight excluding hydrogens is 268 g/mol. The van der Waals surface area contributed by atoms with Gasteiger partial charge in [-0.15, -0.1) is 0 Å². The van der Waals surface area contributed by atoms with Crippen molar-refractivity contribution in [3.05, 3.63) is 41.0 Å². The van der Waals surface area contributed by atoms with E-state index in [4.69, 9.17) is 5.26 Å². The zero-order valence-electron chi connectivity index (χ0n) is 12.5. The molecule has 0 saturated carbocycles. The molecule has 21 heavy (non-hydrogen) atoms. The van der Waals surface area contributed by atoms with E-state index in [1.165, 1.54) is 37.8 Å². The number of nitrogens with zero attached hydrogens (tertiary/aromatic N) is 1. The van der Waals surface area contributed by atoms with Crippen molar-refractivity contribution in [3.8, 4) is 6.07 Å². The topological polar surface area (TPSA) is 23.8 Å². The molecule has 0 fully saturated rings. The molecule has 0 aliphatic heterocycles. The average Bonchev–Trinajstić information content (AvgIpc) is 2.51. The van der Waals surface area contributed by atoms with Gasteiger partial charge in [0.15, 0.2) is 11.6 Å². The maximum Gasteiger partial charge on any atom is 0.177 e. The highest BCUT2D eigenvalue weighted by atomic mass is 19.2. The lowest BCUT2D eigenvalue weighted by atomic mass is 9.83. The van der Waals surface area contributed by atoms with Gasteiger partial charge in [-0.1, -0.05) is 44.7 Å². The van der Waals surface area contributed by atoms with Gasteiger partial charge >= 0.3 is 0 Å². The van der Waals surface area contributed by atoms with Gasteiger partial charge in [-0.05, 0) is 36.8 Å². The van der Waals surface area contributed by atoms with E-state index in [-0.39, 0.29) is 5.56 Å². The first-order valence-electron chi connectivity index (χ1n) is 7.74. The van der Waals surface area contributed by atoms with E-state index >= 15 is 0 Å². The van der Waals surface area contributed by atoms with Crippen LogP contribution in [0.5, 0.6) is 0 Å². The fraction of sp³-hybridized carbons (Fsp3) is 0.500. The monoisotopic (exact) mass is 289 g/mol. The lowest BCUT2D eigenvalue weighted by molar-refractivity contribution is 0.427. The van der Waals surface area contributed by atoms with Gasteiger partial charge in [0.25, 0.3) is 0 Å². The quantitative estimate of drug-likeness (QED) is 0.647. The molecule has 0 aromatic heterocycles. The van der Waals surface area contributed by atoms with Crippen molar-refractivity contribution in [2.75, 3.05) is 0 Å². The molecule has 1 atom stereocenters. The Kier molecular flexibility index (Phi) is 5.50. The first-order chi connectivity index (χ1) is 10.2. The van der Waals surface area contributed by atoms with E-state index in [0.717, 1.165) is 24.8 Å². The summed E-state index contributed by atoms with van der Waals surface area (Å²) in [6, 6.07) is 4.56. The Bertz CT molecular complexity index is 569. The zero-order valence-corrected chi connectivity index (χ0v) is 12.5. The zero-order chi connectivity index (χ0) is 15.2. The second-order valence-corrected chi connectivity index (χ2v) is 5.77. The van der Waals surface area contributed by atoms with Crippen LogP contribution in [0.2, 0.25) is 0 Å². The number of rotatable bonds is 5. The third-order valence-electron chi connectivity index (χ3n) is 4.28. The summed E-state index contributed by atoms with van der Waals surface area (Å²) in [5, 5.41) is 8.71. The van der Waals surface area contributed by atoms with Crippen LogP contribution in [0.15, 0.2) is 18.2 Å². The number of hydrogen-bond acceptors (Lipinski definition) is 1. The fourth-order valence-corrected chi connectivity index (χ4v) is 2.96. The molecule has 0 spiro atoms. The standard InChI is InChI=1S/C18H21F2N/c1-2-3-4-5-13-6-8-14(9-7-13)16-11-10-15(12-21)17(19)18(16)20/h8,10-11,13H,2-7,9H2,1H3. The Labute approximate surface area is 125 Å². The molecule has 2 rings (SSSR count). The molecular formula is C18H21F2N. The van der Waals surface area contributed by atoms with E-state index in [2.05, 4.69) is 6.92 Å². The van der Waals surface area contributed by atoms with Crippen LogP contribution >= 0.6 is 0 Å². The number of allylic oxidation sites excluding steroid dienone is 2. The van der Waals surface area contributed by atoms with Crippen LogP contribution in [0.25, 0.3) is 5.57 Å². The van der Waals surface area contributed by atoms with Gasteiger partial charge in [0.05, 0.1) is 5.56 Å². The van der Waals surface area contributed by atoms with E-state index in [9.17, 15) is 8.78 Å². The summed E-state index contributed by atoms with van der Waals surface area (Å²) < 4.78 is 27.7. The number of halogens is 2. The Morgan fingerprint density at radius 3 is 2.67 bits per heavy atom. The van der Waals surface area contributed by atoms with E-state index in [0.29, 0.717) is 11.5 Å². The summed E-state index contributed by atoms with van der Waals surface area (Å²) in [6.45, 7) is 2.20. The van der Waals surface area contributed by atoms with Crippen molar-refractivity contribution >= 4 is 5.57 Å². The van der Waals surface area contributed by atoms with Crippen molar-refractivity contribution < 1.29 is 8.78 Å². The Morgan fingerprint density at radius 2 is 2.05 bits per heavy atom. The van der Waals surface area contributed by atoms with Gasteiger partial charge in [-0.2, -0.15) is 5.26 Å². The van der Waals surface area contributed by atoms with Crippen LogP contribution in [0.4, 0.5) is 8.78 Å². The second-order valence-electron chi connectivity index (χ2n) is 5.77. The number of unbranched alkanes of at least 4 members (excludes halogenated alkanes) is 2. The molecule has 0 N–H and O–H groups in total. The van der Waals surface area contributed by atoms with Crippen LogP contribution in [-0.2, 0) is 0 Å². The van der Waals surface area contributed by atoms with E-state index in [1.807, 2.05) is 6.08 Å². The molecule has 1 aliphatic rings. The van der Waals surface area contributed by atoms with Crippen molar-refractivity contribution in [2.24, 2.45) is 5.92 Å². The minimum absolute atomic E-state index is 0.231. The highest BCUT2D eigenvalue weighted by Crippen LogP contribution is 2.34. The molecule has 1 aromatic rings. The van der Waals surface area contributed by atoms with Gasteiger partial charge < -0.3 is 0 Å². The summed E-state index contributed by atoms with van der Waals surface area (Å²) in [5.74, 6) is -1.24. The summed E-state index contributed by atoms with van der Waals surface area (Å²) in [5.41, 5.74) is 0.964. The minimum atomic E-state index is -1.03. The number of nitriles is 1. The van der Waals surface area contributed by atoms with Crippen molar-refractivity contribution in [1.82, 2.24) is 0 Å². The minimum Gasteiger partial charge on any atom is -0.203 e. The predicted molar refractivity (Wildman–Crippen MR) is 80.5 cm³/mol. The summed E-state index contributed by atoms with van der Waals surface area (Å²) >= 11 is 0. The molecule has 0 heterocycles. The van der Waals surface area contributed by atoms with Gasteiger partial charge in [0.1, 0.15) is 6.07 Å². The molecule has 1 unspecified atom stereocenters. The maximum atomic E-state index is 14.0. The van der Waals surface area contributed by atoms with Crippen LogP contribution in [0.1, 0.15) is 63.0 Å². The second kappa shape index (κ2) is 7.36. The fourth-order valence-electron chi connectivity index (χ4n) is 2.96. The first kappa shape index (κ1) is 15.7. The van der Waals surface area contributed by atoms with E-state index < -0.39 is 11.6 Å². The summed E-state index contributed by atoms with van der Waals surface area (Å²) in [7, 11) is 0. The molecule has 1 aliphatic carbocycles. The number of hydrogen-bond donors (Lipinski definition) is 0. The molecule has 0 bridgehead atoms. The highest BCUT2D eigenvalue weighted by Gasteiger charge is 2.20. The lowest BCUT2D eigenvalue weighted by Crippen LogP contribution is -2.07.